The second-order valence-electron chi connectivity index (χ2n) is 6.49. The van der Waals surface area contributed by atoms with Gasteiger partial charge in [-0.15, -0.1) is 0 Å². The van der Waals surface area contributed by atoms with E-state index in [0.29, 0.717) is 12.2 Å². The highest BCUT2D eigenvalue weighted by Gasteiger charge is 2.12. The van der Waals surface area contributed by atoms with Crippen molar-refractivity contribution in [2.24, 2.45) is 0 Å². The summed E-state index contributed by atoms with van der Waals surface area (Å²) in [5.74, 6) is -0.424. The second-order valence-corrected chi connectivity index (χ2v) is 6.49. The number of hydrogen-bond donors (Lipinski definition) is 1. The number of carbonyl (C=O) groups is 1. The fourth-order valence-electron chi connectivity index (χ4n) is 2.92. The molecule has 0 aliphatic heterocycles. The van der Waals surface area contributed by atoms with Gasteiger partial charge in [0.2, 0.25) is 5.91 Å². The summed E-state index contributed by atoms with van der Waals surface area (Å²) in [6.45, 7) is 1.75. The van der Waals surface area contributed by atoms with Gasteiger partial charge in [-0.3, -0.25) is 9.69 Å². The number of rotatable bonds is 8. The minimum atomic E-state index is -0.318. The lowest BCUT2D eigenvalue weighted by molar-refractivity contribution is -0.117. The Hall–Kier alpha value is -2.98. The number of benzene rings is 3. The summed E-state index contributed by atoms with van der Waals surface area (Å²) in [6.07, 6.45) is 0.873. The number of nitrogens with zero attached hydrogens (tertiary/aromatic N) is 1. The lowest BCUT2D eigenvalue weighted by atomic mass is 10.1. The maximum atomic E-state index is 13.0. The van der Waals surface area contributed by atoms with E-state index in [4.69, 9.17) is 0 Å². The Bertz CT molecular complexity index is 835. The smallest absolute Gasteiger partial charge is 0.238 e. The van der Waals surface area contributed by atoms with Crippen LogP contribution < -0.4 is 5.32 Å². The number of anilines is 1. The fourth-order valence-corrected chi connectivity index (χ4v) is 2.92. The van der Waals surface area contributed by atoms with Gasteiger partial charge in [-0.25, -0.2) is 4.39 Å². The standard InChI is InChI=1S/C23H23FN2O/c24-21-11-13-22(14-12-21)25-23(27)18-26(17-20-9-5-2-6-10-20)16-15-19-7-3-1-4-8-19/h1-14H,15-18H2,(H,25,27). The molecule has 1 N–H and O–H groups in total. The van der Waals surface area contributed by atoms with Crippen LogP contribution in [0.4, 0.5) is 10.1 Å². The Kier molecular flexibility index (Phi) is 6.72. The van der Waals surface area contributed by atoms with Crippen LogP contribution in [0.3, 0.4) is 0 Å². The zero-order chi connectivity index (χ0) is 18.9. The van der Waals surface area contributed by atoms with E-state index in [2.05, 4.69) is 34.5 Å². The van der Waals surface area contributed by atoms with Gasteiger partial charge in [0.1, 0.15) is 5.82 Å². The van der Waals surface area contributed by atoms with Crippen molar-refractivity contribution < 1.29 is 9.18 Å². The summed E-state index contributed by atoms with van der Waals surface area (Å²) in [5, 5.41) is 2.84. The third-order valence-electron chi connectivity index (χ3n) is 4.30. The van der Waals surface area contributed by atoms with E-state index < -0.39 is 0 Å². The average molecular weight is 362 g/mol. The summed E-state index contributed by atoms with van der Waals surface area (Å²) in [5.41, 5.74) is 3.01. The van der Waals surface area contributed by atoms with Crippen molar-refractivity contribution in [3.63, 3.8) is 0 Å². The maximum Gasteiger partial charge on any atom is 0.238 e. The Morgan fingerprint density at radius 1 is 0.815 bits per heavy atom. The van der Waals surface area contributed by atoms with Crippen LogP contribution >= 0.6 is 0 Å². The van der Waals surface area contributed by atoms with Gasteiger partial charge >= 0.3 is 0 Å². The molecule has 0 heterocycles. The zero-order valence-corrected chi connectivity index (χ0v) is 15.1. The highest BCUT2D eigenvalue weighted by molar-refractivity contribution is 5.92. The van der Waals surface area contributed by atoms with Crippen LogP contribution in [0.25, 0.3) is 0 Å². The van der Waals surface area contributed by atoms with Crippen molar-refractivity contribution >= 4 is 11.6 Å². The molecule has 27 heavy (non-hydrogen) atoms. The van der Waals surface area contributed by atoms with Crippen molar-refractivity contribution in [3.8, 4) is 0 Å². The third kappa shape index (κ3) is 6.35. The van der Waals surface area contributed by atoms with Crippen LogP contribution in [0, 0.1) is 5.82 Å². The number of nitrogens with one attached hydrogen (secondary N) is 1. The molecule has 3 rings (SSSR count). The van der Waals surface area contributed by atoms with E-state index in [1.165, 1.54) is 23.3 Å². The Morgan fingerprint density at radius 2 is 1.41 bits per heavy atom. The van der Waals surface area contributed by atoms with E-state index in [-0.39, 0.29) is 18.3 Å². The van der Waals surface area contributed by atoms with E-state index >= 15 is 0 Å². The van der Waals surface area contributed by atoms with Crippen molar-refractivity contribution in [1.82, 2.24) is 4.90 Å². The quantitative estimate of drug-likeness (QED) is 0.639. The Labute approximate surface area is 159 Å². The topological polar surface area (TPSA) is 32.3 Å². The third-order valence-corrected chi connectivity index (χ3v) is 4.30. The molecule has 0 aliphatic carbocycles. The van der Waals surface area contributed by atoms with E-state index in [0.717, 1.165) is 13.0 Å². The Balaban J connectivity index is 1.62. The van der Waals surface area contributed by atoms with Crippen LogP contribution in [-0.2, 0) is 17.8 Å². The summed E-state index contributed by atoms with van der Waals surface area (Å²) < 4.78 is 13.0. The van der Waals surface area contributed by atoms with Crippen molar-refractivity contribution in [2.75, 3.05) is 18.4 Å². The molecular formula is C23H23FN2O. The van der Waals surface area contributed by atoms with Crippen molar-refractivity contribution in [3.05, 3.63) is 102 Å². The molecule has 0 saturated carbocycles. The molecule has 0 aromatic heterocycles. The van der Waals surface area contributed by atoms with Crippen LogP contribution in [0.15, 0.2) is 84.9 Å². The first-order valence-electron chi connectivity index (χ1n) is 9.05. The summed E-state index contributed by atoms with van der Waals surface area (Å²) >= 11 is 0. The molecule has 0 spiro atoms. The predicted molar refractivity (Wildman–Crippen MR) is 107 cm³/mol. The lowest BCUT2D eigenvalue weighted by Gasteiger charge is -2.22. The van der Waals surface area contributed by atoms with Crippen molar-refractivity contribution in [2.45, 2.75) is 13.0 Å². The van der Waals surface area contributed by atoms with E-state index in [1.807, 2.05) is 36.4 Å². The van der Waals surface area contributed by atoms with Gasteiger partial charge < -0.3 is 5.32 Å². The molecule has 3 nitrogen and oxygen atoms in total. The van der Waals surface area contributed by atoms with Gasteiger partial charge in [0.05, 0.1) is 6.54 Å². The Morgan fingerprint density at radius 3 is 2.04 bits per heavy atom. The summed E-state index contributed by atoms with van der Waals surface area (Å²) in [7, 11) is 0. The van der Waals surface area contributed by atoms with Crippen LogP contribution in [0.2, 0.25) is 0 Å². The molecule has 0 unspecified atom stereocenters. The highest BCUT2D eigenvalue weighted by Crippen LogP contribution is 2.10. The predicted octanol–water partition coefficient (Wildman–Crippen LogP) is 4.51. The first kappa shape index (κ1) is 18.8. The molecule has 138 valence electrons. The first-order chi connectivity index (χ1) is 13.2. The molecule has 0 aliphatic rings. The molecule has 3 aromatic carbocycles. The van der Waals surface area contributed by atoms with Crippen LogP contribution in [-0.4, -0.2) is 23.9 Å². The molecule has 3 aromatic rings. The van der Waals surface area contributed by atoms with Gasteiger partial charge in [-0.05, 0) is 41.8 Å². The minimum Gasteiger partial charge on any atom is -0.325 e. The fraction of sp³-hybridized carbons (Fsp3) is 0.174. The molecule has 4 heteroatoms. The number of amides is 1. The highest BCUT2D eigenvalue weighted by atomic mass is 19.1. The summed E-state index contributed by atoms with van der Waals surface area (Å²) in [6, 6.07) is 26.2. The monoisotopic (exact) mass is 362 g/mol. The number of carbonyl (C=O) groups excluding carboxylic acids is 1. The minimum absolute atomic E-state index is 0.106. The normalized spacial score (nSPS) is 10.7. The second kappa shape index (κ2) is 9.64. The zero-order valence-electron chi connectivity index (χ0n) is 15.1. The number of hydrogen-bond acceptors (Lipinski definition) is 2. The maximum absolute atomic E-state index is 13.0. The molecule has 0 bridgehead atoms. The van der Waals surface area contributed by atoms with Gasteiger partial charge in [0, 0.05) is 18.8 Å². The summed E-state index contributed by atoms with van der Waals surface area (Å²) in [4.78, 5) is 14.6. The van der Waals surface area contributed by atoms with Crippen molar-refractivity contribution in [1.29, 1.82) is 0 Å². The molecule has 0 fully saturated rings. The average Bonchev–Trinajstić information content (AvgIpc) is 2.69. The number of halogens is 1. The van der Waals surface area contributed by atoms with Gasteiger partial charge in [0.15, 0.2) is 0 Å². The molecule has 0 saturated heterocycles. The molecule has 0 radical (unpaired) electrons. The SMILES string of the molecule is O=C(CN(CCc1ccccc1)Cc1ccccc1)Nc1ccc(F)cc1. The van der Waals surface area contributed by atoms with E-state index in [9.17, 15) is 9.18 Å². The van der Waals surface area contributed by atoms with Crippen LogP contribution in [0.1, 0.15) is 11.1 Å². The van der Waals surface area contributed by atoms with Crippen LogP contribution in [0.5, 0.6) is 0 Å². The van der Waals surface area contributed by atoms with Gasteiger partial charge in [-0.1, -0.05) is 60.7 Å². The molecule has 0 atom stereocenters. The lowest BCUT2D eigenvalue weighted by Crippen LogP contribution is -2.34. The largest absolute Gasteiger partial charge is 0.325 e. The first-order valence-corrected chi connectivity index (χ1v) is 9.05. The molecule has 1 amide bonds. The van der Waals surface area contributed by atoms with E-state index in [1.54, 1.807) is 12.1 Å². The molecular weight excluding hydrogens is 339 g/mol. The van der Waals surface area contributed by atoms with Gasteiger partial charge in [0.25, 0.3) is 0 Å². The van der Waals surface area contributed by atoms with Gasteiger partial charge in [-0.2, -0.15) is 0 Å².